The molecule has 4 aliphatic carbocycles. The number of urea groups is 1. The van der Waals surface area contributed by atoms with E-state index in [0.29, 0.717) is 40.4 Å². The summed E-state index contributed by atoms with van der Waals surface area (Å²) < 4.78 is 6.13. The summed E-state index contributed by atoms with van der Waals surface area (Å²) in [6.07, 6.45) is 5.83. The van der Waals surface area contributed by atoms with Gasteiger partial charge in [-0.3, -0.25) is 5.32 Å². The molecule has 4 aliphatic rings. The fourth-order valence-electron chi connectivity index (χ4n) is 7.76. The zero-order valence-electron chi connectivity index (χ0n) is 24.4. The fraction of sp³-hybridized carbons (Fsp3) is 0.594. The first-order valence-corrected chi connectivity index (χ1v) is 14.3. The van der Waals surface area contributed by atoms with Gasteiger partial charge >= 0.3 is 12.0 Å². The normalized spacial score (nSPS) is 26.4. The monoisotopic (exact) mass is 533 g/mol. The van der Waals surface area contributed by atoms with Gasteiger partial charge in [0.15, 0.2) is 6.10 Å². The van der Waals surface area contributed by atoms with Crippen LogP contribution in [-0.4, -0.2) is 33.2 Å². The lowest BCUT2D eigenvalue weighted by Gasteiger charge is -2.56. The zero-order chi connectivity index (χ0) is 28.3. The zero-order valence-corrected chi connectivity index (χ0v) is 24.4. The molecule has 2 aromatic rings. The molecule has 1 unspecified atom stereocenters. The van der Waals surface area contributed by atoms with Crippen LogP contribution in [0, 0.1) is 45.4 Å². The number of ether oxygens (including phenoxy) is 1. The molecule has 1 aromatic heterocycles. The number of anilines is 1. The van der Waals surface area contributed by atoms with Crippen molar-refractivity contribution < 1.29 is 19.4 Å². The number of rotatable bonds is 6. The van der Waals surface area contributed by atoms with E-state index in [-0.39, 0.29) is 11.6 Å². The second-order valence-corrected chi connectivity index (χ2v) is 13.5. The van der Waals surface area contributed by atoms with Crippen LogP contribution in [-0.2, 0) is 9.53 Å². The van der Waals surface area contributed by atoms with E-state index in [9.17, 15) is 14.7 Å². The number of pyridine rings is 1. The smallest absolute Gasteiger partial charge is 0.337 e. The number of aliphatic carboxylic acids is 1. The first-order chi connectivity index (χ1) is 18.2. The Labute approximate surface area is 232 Å². The number of carbonyl (C=O) groups excluding carboxylic acids is 1. The van der Waals surface area contributed by atoms with Crippen molar-refractivity contribution >= 4 is 17.8 Å². The number of carboxylic acids is 1. The Morgan fingerprint density at radius 1 is 1.00 bits per heavy atom. The summed E-state index contributed by atoms with van der Waals surface area (Å²) in [5, 5.41) is 16.7. The number of nitrogens with one attached hydrogen (secondary N) is 2. The molecule has 0 spiro atoms. The van der Waals surface area contributed by atoms with Crippen LogP contribution in [0.3, 0.4) is 0 Å². The van der Waals surface area contributed by atoms with Crippen molar-refractivity contribution in [1.29, 1.82) is 0 Å². The number of hydrogen-bond donors (Lipinski definition) is 3. The molecule has 210 valence electrons. The van der Waals surface area contributed by atoms with Gasteiger partial charge < -0.3 is 15.2 Å². The van der Waals surface area contributed by atoms with Crippen LogP contribution >= 0.6 is 0 Å². The number of carbonyl (C=O) groups is 2. The van der Waals surface area contributed by atoms with Gasteiger partial charge in [-0.2, -0.15) is 0 Å². The molecule has 2 amide bonds. The molecule has 7 nitrogen and oxygen atoms in total. The summed E-state index contributed by atoms with van der Waals surface area (Å²) in [6, 6.07) is 5.83. The van der Waals surface area contributed by atoms with Crippen LogP contribution in [0.5, 0.6) is 0 Å². The molecular weight excluding hydrogens is 490 g/mol. The van der Waals surface area contributed by atoms with Crippen molar-refractivity contribution in [3.63, 3.8) is 0 Å². The minimum absolute atomic E-state index is 0.136. The quantitative estimate of drug-likeness (QED) is 0.371. The van der Waals surface area contributed by atoms with Gasteiger partial charge in [0, 0.05) is 22.4 Å². The largest absolute Gasteiger partial charge is 0.479 e. The summed E-state index contributed by atoms with van der Waals surface area (Å²) in [7, 11) is 0. The molecule has 4 bridgehead atoms. The highest BCUT2D eigenvalue weighted by atomic mass is 16.5. The summed E-state index contributed by atoms with van der Waals surface area (Å²) in [6.45, 7) is 13.3. The van der Waals surface area contributed by atoms with Gasteiger partial charge in [0.2, 0.25) is 0 Å². The Hall–Kier alpha value is -2.93. The van der Waals surface area contributed by atoms with E-state index < -0.39 is 17.7 Å². The average molecular weight is 534 g/mol. The second-order valence-electron chi connectivity index (χ2n) is 13.5. The third-order valence-corrected chi connectivity index (χ3v) is 9.07. The van der Waals surface area contributed by atoms with Gasteiger partial charge in [0.1, 0.15) is 5.82 Å². The lowest BCUT2D eigenvalue weighted by Crippen LogP contribution is -2.60. The SMILES string of the molecule is Cc1ccc(-c2c(C)nc(NC(=O)NC34CC5CC(CC(C5)C3)C4)c(C)c2C(OC(C)(C)C)C(=O)O)cc1C. The predicted molar refractivity (Wildman–Crippen MR) is 153 cm³/mol. The summed E-state index contributed by atoms with van der Waals surface area (Å²) in [5.74, 6) is 1.45. The summed E-state index contributed by atoms with van der Waals surface area (Å²) >= 11 is 0. The number of aromatic nitrogens is 1. The highest BCUT2D eigenvalue weighted by molar-refractivity contribution is 5.91. The van der Waals surface area contributed by atoms with Crippen molar-refractivity contribution in [2.75, 3.05) is 5.32 Å². The summed E-state index contributed by atoms with van der Waals surface area (Å²) in [5.41, 5.74) is 4.82. The fourth-order valence-corrected chi connectivity index (χ4v) is 7.76. The molecule has 39 heavy (non-hydrogen) atoms. The number of amides is 2. The number of aryl methyl sites for hydroxylation is 3. The Morgan fingerprint density at radius 3 is 2.10 bits per heavy atom. The van der Waals surface area contributed by atoms with Gasteiger partial charge in [0.05, 0.1) is 5.60 Å². The molecule has 6 rings (SSSR count). The first-order valence-electron chi connectivity index (χ1n) is 14.3. The molecule has 0 aliphatic heterocycles. The molecule has 1 aromatic carbocycles. The van der Waals surface area contributed by atoms with Gasteiger partial charge in [0.25, 0.3) is 0 Å². The highest BCUT2D eigenvalue weighted by Gasteiger charge is 2.51. The van der Waals surface area contributed by atoms with Gasteiger partial charge in [-0.05, 0) is 127 Å². The van der Waals surface area contributed by atoms with E-state index in [1.165, 1.54) is 19.3 Å². The van der Waals surface area contributed by atoms with E-state index in [0.717, 1.165) is 41.5 Å². The number of nitrogens with zero attached hydrogens (tertiary/aromatic N) is 1. The van der Waals surface area contributed by atoms with Crippen LogP contribution in [0.25, 0.3) is 11.1 Å². The Bertz CT molecular complexity index is 1270. The average Bonchev–Trinajstić information content (AvgIpc) is 2.79. The second kappa shape index (κ2) is 9.92. The molecule has 1 atom stereocenters. The molecule has 4 saturated carbocycles. The maximum atomic E-state index is 13.4. The summed E-state index contributed by atoms with van der Waals surface area (Å²) in [4.78, 5) is 30.9. The third-order valence-electron chi connectivity index (χ3n) is 9.07. The minimum atomic E-state index is -1.23. The molecule has 0 radical (unpaired) electrons. The maximum absolute atomic E-state index is 13.4. The van der Waals surface area contributed by atoms with Crippen molar-refractivity contribution in [3.8, 4) is 11.1 Å². The molecule has 0 saturated heterocycles. The van der Waals surface area contributed by atoms with E-state index in [4.69, 9.17) is 9.72 Å². The van der Waals surface area contributed by atoms with E-state index >= 15 is 0 Å². The Morgan fingerprint density at radius 2 is 1.59 bits per heavy atom. The lowest BCUT2D eigenvalue weighted by atomic mass is 9.53. The lowest BCUT2D eigenvalue weighted by molar-refractivity contribution is -0.160. The van der Waals surface area contributed by atoms with Gasteiger partial charge in [-0.15, -0.1) is 0 Å². The number of hydrogen-bond acceptors (Lipinski definition) is 4. The Balaban J connectivity index is 1.53. The van der Waals surface area contributed by atoms with Crippen molar-refractivity contribution in [2.45, 2.75) is 104 Å². The van der Waals surface area contributed by atoms with Crippen LogP contribution in [0.2, 0.25) is 0 Å². The number of carboxylic acid groups (broad SMARTS) is 1. The third kappa shape index (κ3) is 5.56. The molecule has 7 heteroatoms. The van der Waals surface area contributed by atoms with E-state index in [2.05, 4.69) is 23.6 Å². The van der Waals surface area contributed by atoms with Crippen molar-refractivity contribution in [2.24, 2.45) is 17.8 Å². The van der Waals surface area contributed by atoms with E-state index in [1.54, 1.807) is 0 Å². The molecule has 4 fully saturated rings. The minimum Gasteiger partial charge on any atom is -0.479 e. The standard InChI is InChI=1S/C32H43N3O4/c1-17-8-9-24(10-18(17)2)26-20(4)33-28(19(3)25(26)27(29(36)37)39-31(5,6)7)34-30(38)35-32-14-21-11-22(15-32)13-23(12-21)16-32/h8-10,21-23,27H,11-16H2,1-7H3,(H,36,37)(H2,33,34,35,38). The Kier molecular flexibility index (Phi) is 7.03. The first kappa shape index (κ1) is 27.6. The topological polar surface area (TPSA) is 101 Å². The van der Waals surface area contributed by atoms with Crippen LogP contribution in [0.1, 0.15) is 93.3 Å². The van der Waals surface area contributed by atoms with Crippen LogP contribution in [0.4, 0.5) is 10.6 Å². The van der Waals surface area contributed by atoms with Crippen LogP contribution in [0.15, 0.2) is 18.2 Å². The highest BCUT2D eigenvalue weighted by Crippen LogP contribution is 2.55. The molecule has 1 heterocycles. The maximum Gasteiger partial charge on any atom is 0.337 e. The molecule has 3 N–H and O–H groups in total. The number of benzene rings is 1. The van der Waals surface area contributed by atoms with Crippen LogP contribution < -0.4 is 10.6 Å². The predicted octanol–water partition coefficient (Wildman–Crippen LogP) is 7.01. The van der Waals surface area contributed by atoms with Crippen molar-refractivity contribution in [1.82, 2.24) is 10.3 Å². The van der Waals surface area contributed by atoms with Gasteiger partial charge in [-0.25, -0.2) is 14.6 Å². The van der Waals surface area contributed by atoms with E-state index in [1.807, 2.05) is 53.7 Å². The van der Waals surface area contributed by atoms with Gasteiger partial charge in [-0.1, -0.05) is 18.2 Å². The van der Waals surface area contributed by atoms with Crippen molar-refractivity contribution in [3.05, 3.63) is 46.1 Å². The molecular formula is C32H43N3O4.